The van der Waals surface area contributed by atoms with Gasteiger partial charge in [0.1, 0.15) is 5.75 Å². The molecule has 0 heterocycles. The zero-order valence-electron chi connectivity index (χ0n) is 13.5. The Hall–Kier alpha value is -2.71. The fourth-order valence-corrected chi connectivity index (χ4v) is 1.97. The molecule has 0 saturated carbocycles. The van der Waals surface area contributed by atoms with Crippen molar-refractivity contribution in [2.45, 2.75) is 12.6 Å². The summed E-state index contributed by atoms with van der Waals surface area (Å²) in [6.45, 7) is 0. The molecule has 0 atom stereocenters. The first-order valence-corrected chi connectivity index (χ1v) is 7.12. The van der Waals surface area contributed by atoms with Gasteiger partial charge in [-0.15, -0.1) is 0 Å². The van der Waals surface area contributed by atoms with Crippen LogP contribution in [0.25, 0.3) is 0 Å². The molecule has 0 aliphatic rings. The second-order valence-corrected chi connectivity index (χ2v) is 4.91. The number of hydrogen-bond acceptors (Lipinski definition) is 3. The number of ether oxygens (including phenoxy) is 1. The Kier molecular flexibility index (Phi) is 7.96. The Bertz CT molecular complexity index is 728. The van der Waals surface area contributed by atoms with E-state index in [1.807, 2.05) is 0 Å². The standard InChI is InChI=1S/C17H13F3O3.BF2/c1-23-14-8-4-12(5-9-14)16(22)10-15(21)11-2-6-13(7-3-11)17(18,19)20;2-1-3/h2-9H,10H2,1H3;. The molecule has 0 aromatic heterocycles. The van der Waals surface area contributed by atoms with Crippen LogP contribution in [0.15, 0.2) is 48.5 Å². The van der Waals surface area contributed by atoms with E-state index >= 15 is 0 Å². The first-order chi connectivity index (χ1) is 12.2. The van der Waals surface area contributed by atoms with Crippen LogP contribution in [-0.4, -0.2) is 26.5 Å². The fourth-order valence-electron chi connectivity index (χ4n) is 1.97. The number of carbonyl (C=O) groups is 2. The zero-order valence-corrected chi connectivity index (χ0v) is 13.5. The quantitative estimate of drug-likeness (QED) is 0.333. The average molecular weight is 371 g/mol. The maximum Gasteiger partial charge on any atom is 0.577 e. The van der Waals surface area contributed by atoms with Crippen LogP contribution in [0.1, 0.15) is 32.7 Å². The molecule has 0 fully saturated rings. The Morgan fingerprint density at radius 1 is 0.885 bits per heavy atom. The molecule has 0 spiro atoms. The van der Waals surface area contributed by atoms with Gasteiger partial charge >= 0.3 is 14.0 Å². The van der Waals surface area contributed by atoms with E-state index in [0.717, 1.165) is 24.3 Å². The lowest BCUT2D eigenvalue weighted by atomic mass is 10.0. The topological polar surface area (TPSA) is 43.4 Å². The van der Waals surface area contributed by atoms with Gasteiger partial charge in [-0.2, -0.15) is 13.2 Å². The van der Waals surface area contributed by atoms with Gasteiger partial charge in [0, 0.05) is 11.1 Å². The summed E-state index contributed by atoms with van der Waals surface area (Å²) >= 11 is 0. The molecular formula is C17H13BF5O3. The van der Waals surface area contributed by atoms with Crippen LogP contribution >= 0.6 is 0 Å². The van der Waals surface area contributed by atoms with Gasteiger partial charge in [-0.3, -0.25) is 18.2 Å². The molecule has 0 aliphatic carbocycles. The molecule has 2 aromatic rings. The van der Waals surface area contributed by atoms with Crippen molar-refractivity contribution in [1.82, 2.24) is 0 Å². The summed E-state index contributed by atoms with van der Waals surface area (Å²) in [6.07, 6.45) is -4.86. The summed E-state index contributed by atoms with van der Waals surface area (Å²) in [6, 6.07) is 10.0. The highest BCUT2D eigenvalue weighted by molar-refractivity contribution is 6.15. The minimum atomic E-state index is -4.46. The average Bonchev–Trinajstić information content (AvgIpc) is 2.61. The molecule has 0 unspecified atom stereocenters. The monoisotopic (exact) mass is 371 g/mol. The summed E-state index contributed by atoms with van der Waals surface area (Å²) in [5, 5.41) is 0. The van der Waals surface area contributed by atoms with Gasteiger partial charge in [0.2, 0.25) is 0 Å². The minimum Gasteiger partial charge on any atom is -0.497 e. The molecule has 0 aliphatic heterocycles. The number of Topliss-reactive ketones (excluding diaryl/α,β-unsaturated/α-hetero) is 2. The van der Waals surface area contributed by atoms with Crippen molar-refractivity contribution in [3.05, 3.63) is 65.2 Å². The molecule has 2 rings (SSSR count). The van der Waals surface area contributed by atoms with Crippen LogP contribution in [0.3, 0.4) is 0 Å². The lowest BCUT2D eigenvalue weighted by Crippen LogP contribution is -2.10. The van der Waals surface area contributed by atoms with E-state index < -0.39 is 37.6 Å². The Morgan fingerprint density at radius 2 is 1.27 bits per heavy atom. The van der Waals surface area contributed by atoms with Crippen LogP contribution in [0.4, 0.5) is 21.8 Å². The maximum atomic E-state index is 12.5. The van der Waals surface area contributed by atoms with Crippen molar-refractivity contribution < 1.29 is 36.1 Å². The molecule has 0 amide bonds. The SMILES string of the molecule is COc1ccc(C(=O)CC(=O)c2ccc(C(F)(F)F)cc2)cc1.F[B]F. The number of benzene rings is 2. The van der Waals surface area contributed by atoms with Crippen molar-refractivity contribution in [3.8, 4) is 5.75 Å². The van der Waals surface area contributed by atoms with Crippen molar-refractivity contribution in [1.29, 1.82) is 0 Å². The van der Waals surface area contributed by atoms with Crippen molar-refractivity contribution >= 4 is 19.4 Å². The number of halogens is 5. The Balaban J connectivity index is 0.00000105. The highest BCUT2D eigenvalue weighted by Gasteiger charge is 2.30. The molecule has 2 aromatic carbocycles. The third-order valence-electron chi connectivity index (χ3n) is 3.27. The number of carbonyl (C=O) groups excluding carboxylic acids is 2. The third kappa shape index (κ3) is 6.31. The van der Waals surface area contributed by atoms with E-state index in [0.29, 0.717) is 11.3 Å². The summed E-state index contributed by atoms with van der Waals surface area (Å²) < 4.78 is 61.4. The second kappa shape index (κ2) is 9.69. The Labute approximate surface area is 147 Å². The summed E-state index contributed by atoms with van der Waals surface area (Å²) in [7, 11) is 0.491. The van der Waals surface area contributed by atoms with Crippen molar-refractivity contribution in [2.75, 3.05) is 7.11 Å². The number of methoxy groups -OCH3 is 1. The van der Waals surface area contributed by atoms with Crippen LogP contribution in [0, 0.1) is 0 Å². The molecule has 0 N–H and O–H groups in total. The van der Waals surface area contributed by atoms with Gasteiger partial charge in [-0.25, -0.2) is 0 Å². The first kappa shape index (κ1) is 21.3. The number of alkyl halides is 3. The first-order valence-electron chi connectivity index (χ1n) is 7.12. The van der Waals surface area contributed by atoms with E-state index in [4.69, 9.17) is 4.74 Å². The lowest BCUT2D eigenvalue weighted by molar-refractivity contribution is -0.137. The lowest BCUT2D eigenvalue weighted by Gasteiger charge is -2.07. The van der Waals surface area contributed by atoms with Gasteiger partial charge in [0.05, 0.1) is 19.1 Å². The largest absolute Gasteiger partial charge is 0.577 e. The van der Waals surface area contributed by atoms with E-state index in [1.54, 1.807) is 12.1 Å². The number of rotatable bonds is 5. The van der Waals surface area contributed by atoms with Gasteiger partial charge < -0.3 is 4.74 Å². The fraction of sp³-hybridized carbons (Fsp3) is 0.176. The number of ketones is 2. The van der Waals surface area contributed by atoms with Gasteiger partial charge in [-0.1, -0.05) is 12.1 Å². The molecule has 0 saturated heterocycles. The molecular weight excluding hydrogens is 358 g/mol. The van der Waals surface area contributed by atoms with E-state index in [2.05, 4.69) is 0 Å². The second-order valence-electron chi connectivity index (χ2n) is 4.91. The van der Waals surface area contributed by atoms with E-state index in [9.17, 15) is 31.4 Å². The normalized spacial score (nSPS) is 10.4. The summed E-state index contributed by atoms with van der Waals surface area (Å²) in [5.74, 6) is -0.354. The summed E-state index contributed by atoms with van der Waals surface area (Å²) in [4.78, 5) is 24.0. The van der Waals surface area contributed by atoms with Crippen molar-refractivity contribution in [2.24, 2.45) is 0 Å². The van der Waals surface area contributed by atoms with E-state index in [-0.39, 0.29) is 5.56 Å². The zero-order chi connectivity index (χ0) is 19.7. The van der Waals surface area contributed by atoms with Gasteiger partial charge in [0.15, 0.2) is 11.6 Å². The number of hydrogen-bond donors (Lipinski definition) is 0. The maximum absolute atomic E-state index is 12.5. The van der Waals surface area contributed by atoms with Gasteiger partial charge in [0.25, 0.3) is 0 Å². The molecule has 137 valence electrons. The smallest absolute Gasteiger partial charge is 0.497 e. The predicted octanol–water partition coefficient (Wildman–Crippen LogP) is 4.63. The molecule has 0 bridgehead atoms. The van der Waals surface area contributed by atoms with E-state index in [1.165, 1.54) is 19.2 Å². The van der Waals surface area contributed by atoms with Crippen LogP contribution < -0.4 is 4.74 Å². The van der Waals surface area contributed by atoms with Crippen LogP contribution in [-0.2, 0) is 6.18 Å². The molecule has 9 heteroatoms. The van der Waals surface area contributed by atoms with Gasteiger partial charge in [-0.05, 0) is 36.4 Å². The molecule has 1 radical (unpaired) electrons. The third-order valence-corrected chi connectivity index (χ3v) is 3.27. The molecule has 3 nitrogen and oxygen atoms in total. The minimum absolute atomic E-state index is 0.0693. The summed E-state index contributed by atoms with van der Waals surface area (Å²) in [5.41, 5.74) is -0.429. The predicted molar refractivity (Wildman–Crippen MR) is 85.7 cm³/mol. The van der Waals surface area contributed by atoms with Crippen LogP contribution in [0.5, 0.6) is 5.75 Å². The Morgan fingerprint density at radius 3 is 1.62 bits per heavy atom. The highest BCUT2D eigenvalue weighted by Crippen LogP contribution is 2.29. The molecule has 26 heavy (non-hydrogen) atoms. The van der Waals surface area contributed by atoms with Crippen molar-refractivity contribution in [3.63, 3.8) is 0 Å². The van der Waals surface area contributed by atoms with Crippen LogP contribution in [0.2, 0.25) is 0 Å². The highest BCUT2D eigenvalue weighted by atomic mass is 19.4.